The van der Waals surface area contributed by atoms with E-state index in [1.807, 2.05) is 75.4 Å². The van der Waals surface area contributed by atoms with Crippen LogP contribution in [0.25, 0.3) is 6.08 Å². The number of thiocarbonyl (C=S) groups is 1. The summed E-state index contributed by atoms with van der Waals surface area (Å²) < 4.78 is 11.6. The summed E-state index contributed by atoms with van der Waals surface area (Å²) in [6.45, 7) is 6.33. The lowest BCUT2D eigenvalue weighted by atomic mass is 10.1. The highest BCUT2D eigenvalue weighted by Crippen LogP contribution is 2.36. The molecular formula is C28H26N2O4S2. The number of anilines is 2. The van der Waals surface area contributed by atoms with Crippen molar-refractivity contribution in [1.82, 2.24) is 0 Å². The van der Waals surface area contributed by atoms with Crippen LogP contribution in [0.1, 0.15) is 23.6 Å². The van der Waals surface area contributed by atoms with Crippen LogP contribution in [0.2, 0.25) is 0 Å². The second kappa shape index (κ2) is 11.4. The van der Waals surface area contributed by atoms with E-state index in [4.69, 9.17) is 21.7 Å². The second-order valence-corrected chi connectivity index (χ2v) is 9.91. The van der Waals surface area contributed by atoms with Crippen molar-refractivity contribution >= 4 is 57.6 Å². The van der Waals surface area contributed by atoms with Crippen molar-refractivity contribution in [3.8, 4) is 11.5 Å². The molecule has 184 valence electrons. The summed E-state index contributed by atoms with van der Waals surface area (Å²) in [4.78, 5) is 27.5. The van der Waals surface area contributed by atoms with E-state index < -0.39 is 0 Å². The molecule has 2 amide bonds. The molecule has 6 nitrogen and oxygen atoms in total. The molecule has 0 saturated carbocycles. The number of carbonyl (C=O) groups is 2. The molecule has 1 N–H and O–H groups in total. The monoisotopic (exact) mass is 518 g/mol. The first kappa shape index (κ1) is 25.5. The van der Waals surface area contributed by atoms with E-state index in [1.165, 1.54) is 16.7 Å². The van der Waals surface area contributed by atoms with Crippen molar-refractivity contribution in [1.29, 1.82) is 0 Å². The maximum absolute atomic E-state index is 13.1. The third kappa shape index (κ3) is 6.33. The van der Waals surface area contributed by atoms with E-state index in [0.717, 1.165) is 28.1 Å². The summed E-state index contributed by atoms with van der Waals surface area (Å²) >= 11 is 6.72. The lowest BCUT2D eigenvalue weighted by molar-refractivity contribution is -0.118. The highest BCUT2D eigenvalue weighted by Gasteiger charge is 2.33. The molecule has 36 heavy (non-hydrogen) atoms. The number of nitrogens with one attached hydrogen (secondary N) is 1. The zero-order valence-electron chi connectivity index (χ0n) is 20.2. The van der Waals surface area contributed by atoms with Crippen molar-refractivity contribution in [2.24, 2.45) is 0 Å². The van der Waals surface area contributed by atoms with E-state index >= 15 is 0 Å². The zero-order chi connectivity index (χ0) is 25.7. The van der Waals surface area contributed by atoms with Crippen LogP contribution in [0.15, 0.2) is 71.6 Å². The Labute approximate surface area is 220 Å². The van der Waals surface area contributed by atoms with Gasteiger partial charge >= 0.3 is 0 Å². The molecule has 4 rings (SSSR count). The molecule has 3 aromatic rings. The van der Waals surface area contributed by atoms with Crippen LogP contribution >= 0.6 is 24.0 Å². The molecule has 0 atom stereocenters. The van der Waals surface area contributed by atoms with E-state index in [-0.39, 0.29) is 18.4 Å². The fraction of sp³-hybridized carbons (Fsp3) is 0.179. The van der Waals surface area contributed by atoms with Gasteiger partial charge in [0.2, 0.25) is 0 Å². The van der Waals surface area contributed by atoms with Crippen LogP contribution in [-0.2, 0) is 9.59 Å². The van der Waals surface area contributed by atoms with Gasteiger partial charge in [0.05, 0.1) is 17.2 Å². The Hall–Kier alpha value is -3.62. The van der Waals surface area contributed by atoms with Crippen LogP contribution < -0.4 is 19.7 Å². The summed E-state index contributed by atoms with van der Waals surface area (Å²) in [6, 6.07) is 20.4. The smallest absolute Gasteiger partial charge is 0.270 e. The number of amides is 2. The van der Waals surface area contributed by atoms with E-state index in [9.17, 15) is 9.59 Å². The Balaban J connectivity index is 1.41. The number of thioether (sulfide) groups is 1. The SMILES string of the molecule is CCOc1ccc(N2C(=O)/C(=C/c3cccc(OCC(=O)Nc4cc(C)cc(C)c4)c3)SC2=S)cc1. The fourth-order valence-electron chi connectivity index (χ4n) is 3.79. The van der Waals surface area contributed by atoms with Gasteiger partial charge in [-0.1, -0.05) is 42.2 Å². The quantitative estimate of drug-likeness (QED) is 0.286. The minimum Gasteiger partial charge on any atom is -0.494 e. The van der Waals surface area contributed by atoms with E-state index in [2.05, 4.69) is 5.32 Å². The summed E-state index contributed by atoms with van der Waals surface area (Å²) in [5, 5.41) is 2.86. The van der Waals surface area contributed by atoms with Crippen LogP contribution in [0.4, 0.5) is 11.4 Å². The van der Waals surface area contributed by atoms with Crippen molar-refractivity contribution in [3.63, 3.8) is 0 Å². The standard InChI is InChI=1S/C28H26N2O4S2/c1-4-33-23-10-8-22(9-11-23)30-27(32)25(36-28(30)35)16-20-6-5-7-24(15-20)34-17-26(31)29-21-13-18(2)12-19(3)14-21/h5-16H,4,17H2,1-3H3,(H,29,31)/b25-16-. The average molecular weight is 519 g/mol. The zero-order valence-corrected chi connectivity index (χ0v) is 21.9. The molecule has 0 bridgehead atoms. The number of ether oxygens (including phenoxy) is 2. The normalized spacial score (nSPS) is 14.3. The summed E-state index contributed by atoms with van der Waals surface area (Å²) in [5.74, 6) is 0.831. The van der Waals surface area contributed by atoms with Gasteiger partial charge in [0.25, 0.3) is 11.8 Å². The van der Waals surface area contributed by atoms with Gasteiger partial charge in [0.1, 0.15) is 11.5 Å². The van der Waals surface area contributed by atoms with Gasteiger partial charge in [-0.2, -0.15) is 0 Å². The maximum atomic E-state index is 13.1. The van der Waals surface area contributed by atoms with E-state index in [0.29, 0.717) is 27.3 Å². The van der Waals surface area contributed by atoms with Crippen molar-refractivity contribution < 1.29 is 19.1 Å². The molecular weight excluding hydrogens is 492 g/mol. The molecule has 3 aromatic carbocycles. The predicted molar refractivity (Wildman–Crippen MR) is 150 cm³/mol. The van der Waals surface area contributed by atoms with Gasteiger partial charge in [0, 0.05) is 5.69 Å². The lowest BCUT2D eigenvalue weighted by Crippen LogP contribution is -2.27. The van der Waals surface area contributed by atoms with Crippen molar-refractivity contribution in [2.45, 2.75) is 20.8 Å². The summed E-state index contributed by atoms with van der Waals surface area (Å²) in [5.41, 5.74) is 4.36. The number of hydrogen-bond donors (Lipinski definition) is 1. The van der Waals surface area contributed by atoms with Crippen LogP contribution in [-0.4, -0.2) is 29.3 Å². The number of rotatable bonds is 8. The van der Waals surface area contributed by atoms with E-state index in [1.54, 1.807) is 18.2 Å². The molecule has 8 heteroatoms. The van der Waals surface area contributed by atoms with Crippen LogP contribution in [0.5, 0.6) is 11.5 Å². The number of benzene rings is 3. The molecule has 0 unspecified atom stereocenters. The number of nitrogens with zero attached hydrogens (tertiary/aromatic N) is 1. The Morgan fingerprint density at radius 2 is 1.72 bits per heavy atom. The first-order valence-electron chi connectivity index (χ1n) is 11.4. The molecule has 0 aliphatic carbocycles. The first-order valence-corrected chi connectivity index (χ1v) is 12.7. The van der Waals surface area contributed by atoms with Crippen LogP contribution in [0.3, 0.4) is 0 Å². The Morgan fingerprint density at radius 3 is 2.42 bits per heavy atom. The fourth-order valence-corrected chi connectivity index (χ4v) is 5.09. The molecule has 1 aliphatic heterocycles. The average Bonchev–Trinajstić information content (AvgIpc) is 3.10. The van der Waals surface area contributed by atoms with Gasteiger partial charge in [-0.25, -0.2) is 0 Å². The minimum absolute atomic E-state index is 0.129. The minimum atomic E-state index is -0.248. The highest BCUT2D eigenvalue weighted by atomic mass is 32.2. The largest absolute Gasteiger partial charge is 0.494 e. The topological polar surface area (TPSA) is 67.9 Å². The number of carbonyl (C=O) groups excluding carboxylic acids is 2. The predicted octanol–water partition coefficient (Wildman–Crippen LogP) is 6.13. The van der Waals surface area contributed by atoms with Crippen molar-refractivity contribution in [2.75, 3.05) is 23.4 Å². The Morgan fingerprint density at radius 1 is 1.00 bits per heavy atom. The van der Waals surface area contributed by atoms with Gasteiger partial charge < -0.3 is 14.8 Å². The Bertz CT molecular complexity index is 1320. The third-order valence-corrected chi connectivity index (χ3v) is 6.53. The first-order chi connectivity index (χ1) is 17.3. The highest BCUT2D eigenvalue weighted by molar-refractivity contribution is 8.27. The second-order valence-electron chi connectivity index (χ2n) is 8.23. The van der Waals surface area contributed by atoms with Crippen molar-refractivity contribution in [3.05, 3.63) is 88.3 Å². The Kier molecular flexibility index (Phi) is 8.07. The maximum Gasteiger partial charge on any atom is 0.270 e. The molecule has 0 aromatic heterocycles. The van der Waals surface area contributed by atoms with Crippen LogP contribution in [0, 0.1) is 13.8 Å². The molecule has 1 heterocycles. The van der Waals surface area contributed by atoms with Gasteiger partial charge in [-0.15, -0.1) is 0 Å². The molecule has 1 fully saturated rings. The molecule has 0 spiro atoms. The third-order valence-electron chi connectivity index (χ3n) is 5.23. The van der Waals surface area contributed by atoms with Gasteiger partial charge in [-0.05, 0) is 92.1 Å². The summed E-state index contributed by atoms with van der Waals surface area (Å²) in [7, 11) is 0. The number of hydrogen-bond acceptors (Lipinski definition) is 6. The molecule has 1 aliphatic rings. The summed E-state index contributed by atoms with van der Waals surface area (Å²) in [6.07, 6.45) is 1.77. The number of aryl methyl sites for hydroxylation is 2. The molecule has 1 saturated heterocycles. The molecule has 0 radical (unpaired) electrons. The lowest BCUT2D eigenvalue weighted by Gasteiger charge is -2.15. The van der Waals surface area contributed by atoms with Gasteiger partial charge in [-0.3, -0.25) is 14.5 Å². The van der Waals surface area contributed by atoms with Gasteiger partial charge in [0.15, 0.2) is 10.9 Å².